The Labute approximate surface area is 189 Å². The summed E-state index contributed by atoms with van der Waals surface area (Å²) in [6, 6.07) is 9.99. The molecule has 0 unspecified atom stereocenters. The highest BCUT2D eigenvalue weighted by Gasteiger charge is 2.28. The lowest BCUT2D eigenvalue weighted by Crippen LogP contribution is -2.32. The fourth-order valence-electron chi connectivity index (χ4n) is 3.54. The van der Waals surface area contributed by atoms with Crippen molar-refractivity contribution in [2.45, 2.75) is 25.9 Å². The molecule has 1 aromatic carbocycles. The number of hydrogen-bond donors (Lipinski definition) is 3. The van der Waals surface area contributed by atoms with Crippen LogP contribution in [0.1, 0.15) is 16.8 Å². The second-order valence-corrected chi connectivity index (χ2v) is 7.25. The number of benzene rings is 1. The van der Waals surface area contributed by atoms with E-state index < -0.39 is 0 Å². The largest absolute Gasteiger partial charge is 0.384 e. The van der Waals surface area contributed by atoms with Crippen LogP contribution < -0.4 is 16.4 Å². The van der Waals surface area contributed by atoms with Gasteiger partial charge < -0.3 is 21.1 Å². The maximum Gasteiger partial charge on any atom is 0.224 e. The lowest BCUT2D eigenvalue weighted by atomic mass is 9.99. The van der Waals surface area contributed by atoms with Crippen molar-refractivity contribution < 1.29 is 13.9 Å². The van der Waals surface area contributed by atoms with Crippen LogP contribution in [0.2, 0.25) is 0 Å². The molecule has 2 aromatic rings. The lowest BCUT2D eigenvalue weighted by molar-refractivity contribution is -0.120. The molecule has 2 heterocycles. The van der Waals surface area contributed by atoms with Crippen LogP contribution in [0.4, 0.5) is 10.2 Å². The second-order valence-electron chi connectivity index (χ2n) is 7.25. The van der Waals surface area contributed by atoms with Crippen LogP contribution in [0.25, 0.3) is 0 Å². The molecule has 0 spiro atoms. The Kier molecular flexibility index (Phi) is 11.0. The third-order valence-electron chi connectivity index (χ3n) is 4.80. The number of ether oxygens (including phenoxy) is 1. The first-order valence-electron chi connectivity index (χ1n) is 9.56. The van der Waals surface area contributed by atoms with Crippen molar-refractivity contribution >= 4 is 36.5 Å². The van der Waals surface area contributed by atoms with E-state index in [-0.39, 0.29) is 49.1 Å². The number of nitrogens with two attached hydrogens (primary N) is 1. The summed E-state index contributed by atoms with van der Waals surface area (Å²) in [5.41, 5.74) is 8.57. The van der Waals surface area contributed by atoms with Gasteiger partial charge >= 0.3 is 0 Å². The van der Waals surface area contributed by atoms with Crippen LogP contribution >= 0.6 is 24.8 Å². The zero-order chi connectivity index (χ0) is 19.9. The molecule has 0 saturated carbocycles. The number of nitrogen functional groups attached to an aromatic ring is 1. The molecule has 1 saturated heterocycles. The first-order valence-corrected chi connectivity index (χ1v) is 9.56. The molecule has 4 N–H and O–H groups in total. The van der Waals surface area contributed by atoms with Crippen LogP contribution in [0.3, 0.4) is 0 Å². The Morgan fingerprint density at radius 2 is 2.10 bits per heavy atom. The van der Waals surface area contributed by atoms with Gasteiger partial charge in [0, 0.05) is 31.2 Å². The Morgan fingerprint density at radius 3 is 2.83 bits per heavy atom. The molecule has 2 atom stereocenters. The zero-order valence-electron chi connectivity index (χ0n) is 16.9. The van der Waals surface area contributed by atoms with Crippen LogP contribution in [-0.4, -0.2) is 43.2 Å². The number of aryl methyl sites for hydroxylation is 1. The third-order valence-corrected chi connectivity index (χ3v) is 4.80. The van der Waals surface area contributed by atoms with Crippen LogP contribution in [-0.2, 0) is 22.4 Å². The summed E-state index contributed by atoms with van der Waals surface area (Å²) in [5, 5.41) is 6.17. The van der Waals surface area contributed by atoms with Gasteiger partial charge in [-0.15, -0.1) is 24.8 Å². The van der Waals surface area contributed by atoms with E-state index in [1.807, 2.05) is 13.0 Å². The Morgan fingerprint density at radius 1 is 1.30 bits per heavy atom. The minimum Gasteiger partial charge on any atom is -0.384 e. The minimum absolute atomic E-state index is 0. The van der Waals surface area contributed by atoms with Gasteiger partial charge in [-0.2, -0.15) is 0 Å². The van der Waals surface area contributed by atoms with Crippen molar-refractivity contribution in [3.63, 3.8) is 0 Å². The van der Waals surface area contributed by atoms with Crippen LogP contribution in [0, 0.1) is 18.7 Å². The molecule has 6 nitrogen and oxygen atoms in total. The molecule has 1 amide bonds. The summed E-state index contributed by atoms with van der Waals surface area (Å²) < 4.78 is 19.1. The van der Waals surface area contributed by atoms with E-state index in [1.54, 1.807) is 12.1 Å². The minimum atomic E-state index is -0.335. The fraction of sp³-hybridized carbons (Fsp3) is 0.429. The second kappa shape index (κ2) is 12.7. The molecule has 1 fully saturated rings. The van der Waals surface area contributed by atoms with Gasteiger partial charge in [0.25, 0.3) is 0 Å². The predicted octanol–water partition coefficient (Wildman–Crippen LogP) is 2.46. The smallest absolute Gasteiger partial charge is 0.224 e. The van der Waals surface area contributed by atoms with Crippen molar-refractivity contribution in [1.82, 2.24) is 15.6 Å². The number of rotatable bonds is 8. The predicted molar refractivity (Wildman–Crippen MR) is 121 cm³/mol. The number of pyridine rings is 1. The molecule has 166 valence electrons. The van der Waals surface area contributed by atoms with Gasteiger partial charge in [0.05, 0.1) is 19.1 Å². The zero-order valence-corrected chi connectivity index (χ0v) is 18.5. The average molecular weight is 459 g/mol. The highest BCUT2D eigenvalue weighted by molar-refractivity contribution is 5.85. The normalized spacial score (nSPS) is 17.7. The van der Waals surface area contributed by atoms with E-state index >= 15 is 0 Å². The average Bonchev–Trinajstić information content (AvgIpc) is 3.05. The highest BCUT2D eigenvalue weighted by atomic mass is 35.5. The quantitative estimate of drug-likeness (QED) is 0.528. The van der Waals surface area contributed by atoms with Crippen molar-refractivity contribution in [3.05, 3.63) is 59.0 Å². The molecular formula is C21H29Cl2FN4O2. The molecule has 1 aliphatic heterocycles. The summed E-state index contributed by atoms with van der Waals surface area (Å²) in [4.78, 5) is 16.4. The Balaban J connectivity index is 0.00000225. The number of halogens is 3. The lowest BCUT2D eigenvalue weighted by Gasteiger charge is -2.19. The number of carbonyl (C=O) groups excluding carboxylic acids is 1. The summed E-state index contributed by atoms with van der Waals surface area (Å²) in [6.45, 7) is 4.51. The van der Waals surface area contributed by atoms with Gasteiger partial charge in [-0.05, 0) is 48.7 Å². The maximum absolute atomic E-state index is 13.2. The number of hydrogen-bond acceptors (Lipinski definition) is 5. The first kappa shape index (κ1) is 26.1. The standard InChI is InChI=1S/C21H27FN4O2.2ClH/c1-14-7-18(26-20(23)8-14)11-16-12-24-13-19(16)28-6-5-25-21(27)10-15-3-2-4-17(22)9-15;;/h2-4,7-9,16,19,24H,5-6,10-13H2,1H3,(H2,23,26)(H,25,27);2*1H/t16-,19+;;/m0../s1. The summed E-state index contributed by atoms with van der Waals surface area (Å²) in [5.74, 6) is 0.379. The molecule has 9 heteroatoms. The number of aromatic nitrogens is 1. The van der Waals surface area contributed by atoms with Gasteiger partial charge in [-0.25, -0.2) is 9.37 Å². The van der Waals surface area contributed by atoms with Gasteiger partial charge in [0.2, 0.25) is 5.91 Å². The SMILES string of the molecule is Cc1cc(N)nc(C[C@H]2CNC[C@H]2OCCNC(=O)Cc2cccc(F)c2)c1.Cl.Cl. The number of carbonyl (C=O) groups is 1. The molecule has 3 rings (SSSR count). The molecule has 0 aliphatic carbocycles. The topological polar surface area (TPSA) is 89.3 Å². The van der Waals surface area contributed by atoms with E-state index in [2.05, 4.69) is 21.7 Å². The fourth-order valence-corrected chi connectivity index (χ4v) is 3.54. The van der Waals surface area contributed by atoms with Crippen molar-refractivity contribution in [2.24, 2.45) is 5.92 Å². The molecule has 0 bridgehead atoms. The van der Waals surface area contributed by atoms with E-state index in [0.29, 0.717) is 30.5 Å². The maximum atomic E-state index is 13.2. The molecular weight excluding hydrogens is 430 g/mol. The number of nitrogens with zero attached hydrogens (tertiary/aromatic N) is 1. The van der Waals surface area contributed by atoms with Crippen molar-refractivity contribution in [3.8, 4) is 0 Å². The summed E-state index contributed by atoms with van der Waals surface area (Å²) in [7, 11) is 0. The highest BCUT2D eigenvalue weighted by Crippen LogP contribution is 2.19. The molecule has 0 radical (unpaired) electrons. The summed E-state index contributed by atoms with van der Waals surface area (Å²) in [6.07, 6.45) is 1.03. The van der Waals surface area contributed by atoms with Crippen LogP contribution in [0.5, 0.6) is 0 Å². The van der Waals surface area contributed by atoms with Gasteiger partial charge in [0.1, 0.15) is 11.6 Å². The summed E-state index contributed by atoms with van der Waals surface area (Å²) >= 11 is 0. The Bertz CT molecular complexity index is 805. The first-order chi connectivity index (χ1) is 13.5. The van der Waals surface area contributed by atoms with Crippen LogP contribution in [0.15, 0.2) is 36.4 Å². The third kappa shape index (κ3) is 8.07. The molecule has 1 aliphatic rings. The number of anilines is 1. The van der Waals surface area contributed by atoms with Gasteiger partial charge in [-0.1, -0.05) is 12.1 Å². The number of amides is 1. The van der Waals surface area contributed by atoms with E-state index in [9.17, 15) is 9.18 Å². The number of nitrogens with one attached hydrogen (secondary N) is 2. The van der Waals surface area contributed by atoms with E-state index in [4.69, 9.17) is 10.5 Å². The Hall–Kier alpha value is -1.93. The van der Waals surface area contributed by atoms with Gasteiger partial charge in [0.15, 0.2) is 0 Å². The van der Waals surface area contributed by atoms with E-state index in [0.717, 1.165) is 30.8 Å². The molecule has 30 heavy (non-hydrogen) atoms. The molecule has 1 aromatic heterocycles. The van der Waals surface area contributed by atoms with E-state index in [1.165, 1.54) is 12.1 Å². The monoisotopic (exact) mass is 458 g/mol. The van der Waals surface area contributed by atoms with Gasteiger partial charge in [-0.3, -0.25) is 4.79 Å². The van der Waals surface area contributed by atoms with Crippen molar-refractivity contribution in [2.75, 3.05) is 32.0 Å². The van der Waals surface area contributed by atoms with Crippen molar-refractivity contribution in [1.29, 1.82) is 0 Å².